The van der Waals surface area contributed by atoms with Gasteiger partial charge in [0.15, 0.2) is 5.76 Å². The van der Waals surface area contributed by atoms with Crippen LogP contribution in [0.15, 0.2) is 66.6 Å². The Labute approximate surface area is 217 Å². The molecule has 1 aliphatic heterocycles. The SMILES string of the molecule is CC(=O)n1cc([C@@H]2C=C(C(=O)NC3CCCCC3)O[C@H](OCc3ccc(CO)cc3)C2)c2ccccc21. The zero-order valence-corrected chi connectivity index (χ0v) is 21.2. The van der Waals surface area contributed by atoms with Gasteiger partial charge in [-0.05, 0) is 41.7 Å². The van der Waals surface area contributed by atoms with E-state index in [1.165, 1.54) is 6.42 Å². The Morgan fingerprint density at radius 3 is 2.51 bits per heavy atom. The number of nitrogens with zero attached hydrogens (tertiary/aromatic N) is 1. The lowest BCUT2D eigenvalue weighted by molar-refractivity contribution is -0.150. The van der Waals surface area contributed by atoms with Gasteiger partial charge >= 0.3 is 0 Å². The van der Waals surface area contributed by atoms with Crippen LogP contribution in [0.2, 0.25) is 0 Å². The number of ether oxygens (including phenoxy) is 2. The minimum Gasteiger partial charge on any atom is -0.459 e. The van der Waals surface area contributed by atoms with Crippen molar-refractivity contribution in [1.29, 1.82) is 0 Å². The summed E-state index contributed by atoms with van der Waals surface area (Å²) in [6.45, 7) is 1.86. The molecule has 1 aromatic heterocycles. The summed E-state index contributed by atoms with van der Waals surface area (Å²) in [6.07, 6.45) is 9.07. The molecule has 0 unspecified atom stereocenters. The Kier molecular flexibility index (Phi) is 7.72. The molecule has 0 spiro atoms. The van der Waals surface area contributed by atoms with Crippen LogP contribution in [0, 0.1) is 0 Å². The molecule has 1 amide bonds. The highest BCUT2D eigenvalue weighted by molar-refractivity contribution is 5.95. The molecule has 2 heterocycles. The Morgan fingerprint density at radius 1 is 1.05 bits per heavy atom. The predicted molar refractivity (Wildman–Crippen MR) is 141 cm³/mol. The standard InChI is InChI=1S/C30H34N2O5/c1-20(34)32-17-26(25-9-5-6-10-27(25)32)23-15-28(30(35)31-24-7-3-2-4-8-24)37-29(16-23)36-19-22-13-11-21(18-33)12-14-22/h5-6,9-15,17,23-24,29,33H,2-4,7-8,16,18-19H2,1H3,(H,31,35)/t23-,29+/m1/s1. The van der Waals surface area contributed by atoms with Gasteiger partial charge in [0.1, 0.15) is 0 Å². The van der Waals surface area contributed by atoms with Crippen LogP contribution >= 0.6 is 0 Å². The number of hydrogen-bond acceptors (Lipinski definition) is 5. The lowest BCUT2D eigenvalue weighted by atomic mass is 9.92. The van der Waals surface area contributed by atoms with E-state index < -0.39 is 6.29 Å². The lowest BCUT2D eigenvalue weighted by Crippen LogP contribution is -2.39. The molecule has 0 bridgehead atoms. The molecule has 1 saturated carbocycles. The first-order valence-corrected chi connectivity index (χ1v) is 13.1. The maximum absolute atomic E-state index is 13.3. The number of fused-ring (bicyclic) bond motifs is 1. The summed E-state index contributed by atoms with van der Waals surface area (Å²) in [5, 5.41) is 13.4. The number of rotatable bonds is 7. The molecule has 37 heavy (non-hydrogen) atoms. The molecule has 1 aliphatic carbocycles. The fourth-order valence-corrected chi connectivity index (χ4v) is 5.33. The Balaban J connectivity index is 1.41. The third-order valence-corrected chi connectivity index (χ3v) is 7.34. The van der Waals surface area contributed by atoms with Crippen molar-refractivity contribution in [2.75, 3.05) is 0 Å². The van der Waals surface area contributed by atoms with Gasteiger partial charge in [-0.3, -0.25) is 14.2 Å². The quantitative estimate of drug-likeness (QED) is 0.465. The first-order chi connectivity index (χ1) is 18.0. The van der Waals surface area contributed by atoms with Crippen molar-refractivity contribution in [3.8, 4) is 0 Å². The molecule has 1 fully saturated rings. The van der Waals surface area contributed by atoms with Gasteiger partial charge in [-0.1, -0.05) is 61.7 Å². The van der Waals surface area contributed by atoms with Gasteiger partial charge < -0.3 is 19.9 Å². The molecular formula is C30H34N2O5. The van der Waals surface area contributed by atoms with Gasteiger partial charge in [0, 0.05) is 36.9 Å². The van der Waals surface area contributed by atoms with Crippen molar-refractivity contribution < 1.29 is 24.2 Å². The maximum atomic E-state index is 13.3. The zero-order valence-electron chi connectivity index (χ0n) is 21.2. The van der Waals surface area contributed by atoms with E-state index in [0.717, 1.165) is 53.3 Å². The number of nitrogens with one attached hydrogen (secondary N) is 1. The lowest BCUT2D eigenvalue weighted by Gasteiger charge is -2.30. The molecule has 2 aliphatic rings. The van der Waals surface area contributed by atoms with E-state index in [2.05, 4.69) is 5.32 Å². The van der Waals surface area contributed by atoms with Gasteiger partial charge in [0.25, 0.3) is 5.91 Å². The highest BCUT2D eigenvalue weighted by Crippen LogP contribution is 2.37. The topological polar surface area (TPSA) is 89.8 Å². The number of para-hydroxylation sites is 1. The van der Waals surface area contributed by atoms with E-state index in [0.29, 0.717) is 13.0 Å². The van der Waals surface area contributed by atoms with Gasteiger partial charge in [0.2, 0.25) is 12.2 Å². The Morgan fingerprint density at radius 2 is 1.78 bits per heavy atom. The van der Waals surface area contributed by atoms with E-state index in [9.17, 15) is 14.7 Å². The second kappa shape index (κ2) is 11.3. The van der Waals surface area contributed by atoms with Gasteiger partial charge in [-0.15, -0.1) is 0 Å². The first kappa shape index (κ1) is 25.2. The van der Waals surface area contributed by atoms with Crippen molar-refractivity contribution in [3.63, 3.8) is 0 Å². The summed E-state index contributed by atoms with van der Waals surface area (Å²) in [6, 6.07) is 15.5. The minimum atomic E-state index is -0.626. The monoisotopic (exact) mass is 502 g/mol. The number of aliphatic hydroxyl groups is 1. The molecule has 2 atom stereocenters. The molecule has 5 rings (SSSR count). The summed E-state index contributed by atoms with van der Waals surface area (Å²) < 4.78 is 13.9. The maximum Gasteiger partial charge on any atom is 0.286 e. The van der Waals surface area contributed by atoms with Crippen molar-refractivity contribution in [2.45, 2.75) is 76.9 Å². The third kappa shape index (κ3) is 5.78. The van der Waals surface area contributed by atoms with Crippen LogP contribution in [0.4, 0.5) is 0 Å². The number of aliphatic hydroxyl groups excluding tert-OH is 1. The average molecular weight is 503 g/mol. The summed E-state index contributed by atoms with van der Waals surface area (Å²) in [4.78, 5) is 25.6. The number of carbonyl (C=O) groups is 2. The van der Waals surface area contributed by atoms with E-state index >= 15 is 0 Å². The highest BCUT2D eigenvalue weighted by Gasteiger charge is 2.31. The summed E-state index contributed by atoms with van der Waals surface area (Å²) >= 11 is 0. The van der Waals surface area contributed by atoms with Crippen LogP contribution in [0.3, 0.4) is 0 Å². The Bertz CT molecular complexity index is 1290. The summed E-state index contributed by atoms with van der Waals surface area (Å²) in [5.41, 5.74) is 3.61. The number of amides is 1. The summed E-state index contributed by atoms with van der Waals surface area (Å²) in [7, 11) is 0. The second-order valence-corrected chi connectivity index (χ2v) is 10.0. The number of aromatic nitrogens is 1. The molecule has 0 saturated heterocycles. The minimum absolute atomic E-state index is 0.00726. The highest BCUT2D eigenvalue weighted by atomic mass is 16.7. The normalized spacial score (nSPS) is 20.3. The van der Waals surface area contributed by atoms with Crippen LogP contribution in [-0.4, -0.2) is 33.8 Å². The number of allylic oxidation sites excluding steroid dienone is 1. The molecule has 3 aromatic rings. The largest absolute Gasteiger partial charge is 0.459 e. The van der Waals surface area contributed by atoms with Crippen LogP contribution in [0.5, 0.6) is 0 Å². The molecular weight excluding hydrogens is 468 g/mol. The zero-order chi connectivity index (χ0) is 25.8. The Hall–Kier alpha value is -3.42. The molecule has 2 aromatic carbocycles. The number of benzene rings is 2. The van der Waals surface area contributed by atoms with Gasteiger partial charge in [0.05, 0.1) is 18.7 Å². The third-order valence-electron chi connectivity index (χ3n) is 7.34. The molecule has 194 valence electrons. The molecule has 7 heteroatoms. The number of hydrogen-bond donors (Lipinski definition) is 2. The van der Waals surface area contributed by atoms with Crippen molar-refractivity contribution in [1.82, 2.24) is 9.88 Å². The fourth-order valence-electron chi connectivity index (χ4n) is 5.33. The molecule has 7 nitrogen and oxygen atoms in total. The first-order valence-electron chi connectivity index (χ1n) is 13.1. The van der Waals surface area contributed by atoms with Crippen LogP contribution in [-0.2, 0) is 27.5 Å². The van der Waals surface area contributed by atoms with Crippen molar-refractivity contribution in [2.24, 2.45) is 0 Å². The molecule has 0 radical (unpaired) electrons. The second-order valence-electron chi connectivity index (χ2n) is 10.0. The molecule has 2 N–H and O–H groups in total. The van der Waals surface area contributed by atoms with Crippen LogP contribution in [0.1, 0.15) is 72.9 Å². The van der Waals surface area contributed by atoms with Crippen molar-refractivity contribution >= 4 is 22.7 Å². The van der Waals surface area contributed by atoms with Gasteiger partial charge in [-0.25, -0.2) is 0 Å². The van der Waals surface area contributed by atoms with Crippen LogP contribution in [0.25, 0.3) is 10.9 Å². The summed E-state index contributed by atoms with van der Waals surface area (Å²) in [5.74, 6) is -0.170. The fraction of sp³-hybridized carbons (Fsp3) is 0.400. The average Bonchev–Trinajstić information content (AvgIpc) is 3.33. The predicted octanol–water partition coefficient (Wildman–Crippen LogP) is 5.17. The number of carbonyl (C=O) groups excluding carboxylic acids is 2. The van der Waals surface area contributed by atoms with E-state index in [1.807, 2.05) is 60.8 Å². The van der Waals surface area contributed by atoms with Gasteiger partial charge in [-0.2, -0.15) is 0 Å². The van der Waals surface area contributed by atoms with E-state index in [4.69, 9.17) is 9.47 Å². The van der Waals surface area contributed by atoms with Crippen LogP contribution < -0.4 is 5.32 Å². The smallest absolute Gasteiger partial charge is 0.286 e. The van der Waals surface area contributed by atoms with Crippen molar-refractivity contribution in [3.05, 3.63) is 83.3 Å². The van der Waals surface area contributed by atoms with E-state index in [1.54, 1.807) is 11.5 Å². The van der Waals surface area contributed by atoms with E-state index in [-0.39, 0.29) is 36.1 Å².